The van der Waals surface area contributed by atoms with Crippen molar-refractivity contribution in [1.29, 1.82) is 0 Å². The molecule has 0 spiro atoms. The maximum atomic E-state index is 13.3. The summed E-state index contributed by atoms with van der Waals surface area (Å²) in [6.07, 6.45) is 0. The summed E-state index contributed by atoms with van der Waals surface area (Å²) < 4.78 is 18.8. The highest BCUT2D eigenvalue weighted by atomic mass is 127. The van der Waals surface area contributed by atoms with E-state index >= 15 is 0 Å². The van der Waals surface area contributed by atoms with Gasteiger partial charge in [0, 0.05) is 11.6 Å². The summed E-state index contributed by atoms with van der Waals surface area (Å²) in [5.74, 6) is -0.174. The van der Waals surface area contributed by atoms with E-state index < -0.39 is 5.82 Å². The molecule has 0 saturated heterocycles. The maximum Gasteiger partial charge on any atom is 0.161 e. The van der Waals surface area contributed by atoms with Crippen LogP contribution in [-0.4, -0.2) is 12.4 Å². The van der Waals surface area contributed by atoms with Crippen LogP contribution in [0.5, 0.6) is 5.75 Å². The van der Waals surface area contributed by atoms with E-state index in [1.807, 2.05) is 29.5 Å². The Kier molecular flexibility index (Phi) is 3.86. The van der Waals surface area contributed by atoms with Crippen molar-refractivity contribution in [3.8, 4) is 5.75 Å². The van der Waals surface area contributed by atoms with Gasteiger partial charge in [0.2, 0.25) is 0 Å². The first-order valence-electron chi connectivity index (χ1n) is 4.19. The van der Waals surface area contributed by atoms with Crippen molar-refractivity contribution in [3.63, 3.8) is 0 Å². The van der Waals surface area contributed by atoms with Gasteiger partial charge in [0.25, 0.3) is 0 Å². The SMILES string of the molecule is CCOc1cc(F)c(I)c(C(C)=O)c1. The van der Waals surface area contributed by atoms with Crippen LogP contribution in [0, 0.1) is 9.39 Å². The highest BCUT2D eigenvalue weighted by Gasteiger charge is 2.12. The molecule has 4 heteroatoms. The van der Waals surface area contributed by atoms with Crippen molar-refractivity contribution in [2.24, 2.45) is 0 Å². The predicted molar refractivity (Wildman–Crippen MR) is 60.3 cm³/mol. The summed E-state index contributed by atoms with van der Waals surface area (Å²) in [6.45, 7) is 3.67. The molecule has 1 aromatic carbocycles. The average Bonchev–Trinajstić information content (AvgIpc) is 2.11. The summed E-state index contributed by atoms with van der Waals surface area (Å²) >= 11 is 1.81. The van der Waals surface area contributed by atoms with Crippen molar-refractivity contribution >= 4 is 28.4 Å². The fourth-order valence-corrected chi connectivity index (χ4v) is 1.76. The zero-order valence-corrected chi connectivity index (χ0v) is 10.1. The predicted octanol–water partition coefficient (Wildman–Crippen LogP) is 3.03. The van der Waals surface area contributed by atoms with Crippen LogP contribution in [0.3, 0.4) is 0 Å². The van der Waals surface area contributed by atoms with Gasteiger partial charge in [0.1, 0.15) is 11.6 Å². The molecule has 0 N–H and O–H groups in total. The molecule has 0 aliphatic rings. The lowest BCUT2D eigenvalue weighted by Crippen LogP contribution is -2.01. The molecule has 14 heavy (non-hydrogen) atoms. The van der Waals surface area contributed by atoms with Gasteiger partial charge < -0.3 is 4.74 Å². The third-order valence-corrected chi connectivity index (χ3v) is 2.79. The van der Waals surface area contributed by atoms with E-state index in [1.54, 1.807) is 6.07 Å². The monoisotopic (exact) mass is 308 g/mol. The lowest BCUT2D eigenvalue weighted by molar-refractivity contribution is 0.101. The second-order valence-electron chi connectivity index (χ2n) is 2.76. The lowest BCUT2D eigenvalue weighted by atomic mass is 10.1. The Morgan fingerprint density at radius 2 is 2.21 bits per heavy atom. The molecule has 0 saturated carbocycles. The van der Waals surface area contributed by atoms with Gasteiger partial charge in [-0.25, -0.2) is 4.39 Å². The quantitative estimate of drug-likeness (QED) is 0.634. The zero-order chi connectivity index (χ0) is 10.7. The molecule has 76 valence electrons. The topological polar surface area (TPSA) is 26.3 Å². The largest absolute Gasteiger partial charge is 0.494 e. The number of carbonyl (C=O) groups excluding carboxylic acids is 1. The van der Waals surface area contributed by atoms with Crippen LogP contribution in [0.15, 0.2) is 12.1 Å². The van der Waals surface area contributed by atoms with E-state index in [9.17, 15) is 9.18 Å². The highest BCUT2D eigenvalue weighted by molar-refractivity contribution is 14.1. The van der Waals surface area contributed by atoms with Crippen LogP contribution in [0.25, 0.3) is 0 Å². The van der Waals surface area contributed by atoms with Crippen LogP contribution in [-0.2, 0) is 0 Å². The summed E-state index contributed by atoms with van der Waals surface area (Å²) in [5.41, 5.74) is 0.369. The molecular formula is C10H10FIO2. The second kappa shape index (κ2) is 4.72. The van der Waals surface area contributed by atoms with Gasteiger partial charge in [-0.3, -0.25) is 4.79 Å². The Balaban J connectivity index is 3.21. The average molecular weight is 308 g/mol. The van der Waals surface area contributed by atoms with Gasteiger partial charge in [0.15, 0.2) is 5.78 Å². The molecule has 0 aliphatic heterocycles. The van der Waals surface area contributed by atoms with Crippen LogP contribution >= 0.6 is 22.6 Å². The number of hydrogen-bond donors (Lipinski definition) is 0. The molecule has 0 aromatic heterocycles. The van der Waals surface area contributed by atoms with E-state index in [-0.39, 0.29) is 5.78 Å². The van der Waals surface area contributed by atoms with Gasteiger partial charge in [-0.05, 0) is 42.5 Å². The number of hydrogen-bond acceptors (Lipinski definition) is 2. The Bertz CT molecular complexity index is 363. The number of Topliss-reactive ketones (excluding diaryl/α,β-unsaturated/α-hetero) is 1. The van der Waals surface area contributed by atoms with Crippen LogP contribution < -0.4 is 4.74 Å². The van der Waals surface area contributed by atoms with Crippen LogP contribution in [0.4, 0.5) is 4.39 Å². The number of halogens is 2. The molecule has 0 radical (unpaired) electrons. The van der Waals surface area contributed by atoms with Crippen LogP contribution in [0.1, 0.15) is 24.2 Å². The van der Waals surface area contributed by atoms with E-state index in [1.165, 1.54) is 13.0 Å². The zero-order valence-electron chi connectivity index (χ0n) is 7.93. The Hall–Kier alpha value is -0.650. The Morgan fingerprint density at radius 1 is 1.57 bits per heavy atom. The van der Waals surface area contributed by atoms with Gasteiger partial charge in [-0.2, -0.15) is 0 Å². The van der Waals surface area contributed by atoms with Crippen molar-refractivity contribution in [1.82, 2.24) is 0 Å². The number of ether oxygens (including phenoxy) is 1. The van der Waals surface area contributed by atoms with E-state index in [0.717, 1.165) is 0 Å². The molecular weight excluding hydrogens is 298 g/mol. The molecule has 0 unspecified atom stereocenters. The molecule has 1 rings (SSSR count). The Morgan fingerprint density at radius 3 is 2.71 bits per heavy atom. The lowest BCUT2D eigenvalue weighted by Gasteiger charge is -2.07. The number of benzene rings is 1. The fraction of sp³-hybridized carbons (Fsp3) is 0.300. The molecule has 0 amide bonds. The first-order chi connectivity index (χ1) is 6.56. The minimum absolute atomic E-state index is 0.158. The highest BCUT2D eigenvalue weighted by Crippen LogP contribution is 2.23. The maximum absolute atomic E-state index is 13.3. The summed E-state index contributed by atoms with van der Waals surface area (Å²) in [5, 5.41) is 0. The Labute approximate surface area is 95.6 Å². The van der Waals surface area contributed by atoms with Crippen molar-refractivity contribution in [2.75, 3.05) is 6.61 Å². The summed E-state index contributed by atoms with van der Waals surface area (Å²) in [7, 11) is 0. The molecule has 0 atom stereocenters. The first-order valence-corrected chi connectivity index (χ1v) is 5.27. The molecule has 0 bridgehead atoms. The number of rotatable bonds is 3. The summed E-state index contributed by atoms with van der Waals surface area (Å²) in [6, 6.07) is 2.86. The van der Waals surface area contributed by atoms with E-state index in [2.05, 4.69) is 0 Å². The normalized spacial score (nSPS) is 10.0. The number of carbonyl (C=O) groups is 1. The fourth-order valence-electron chi connectivity index (χ4n) is 1.07. The van der Waals surface area contributed by atoms with Crippen molar-refractivity contribution in [2.45, 2.75) is 13.8 Å². The van der Waals surface area contributed by atoms with E-state index in [0.29, 0.717) is 21.5 Å². The van der Waals surface area contributed by atoms with Gasteiger partial charge in [0.05, 0.1) is 10.2 Å². The smallest absolute Gasteiger partial charge is 0.161 e. The van der Waals surface area contributed by atoms with Crippen LogP contribution in [0.2, 0.25) is 0 Å². The summed E-state index contributed by atoms with van der Waals surface area (Å²) in [4.78, 5) is 11.1. The minimum atomic E-state index is -0.415. The van der Waals surface area contributed by atoms with Gasteiger partial charge in [-0.15, -0.1) is 0 Å². The molecule has 0 aliphatic carbocycles. The standard InChI is InChI=1S/C10H10FIO2/c1-3-14-7-4-8(6(2)13)10(12)9(11)5-7/h4-5H,3H2,1-2H3. The minimum Gasteiger partial charge on any atom is -0.494 e. The van der Waals surface area contributed by atoms with Gasteiger partial charge >= 0.3 is 0 Å². The molecule has 0 heterocycles. The van der Waals surface area contributed by atoms with Gasteiger partial charge in [-0.1, -0.05) is 0 Å². The second-order valence-corrected chi connectivity index (χ2v) is 3.83. The first kappa shape index (κ1) is 11.4. The van der Waals surface area contributed by atoms with Crippen molar-refractivity contribution in [3.05, 3.63) is 27.1 Å². The molecule has 0 fully saturated rings. The number of ketones is 1. The third-order valence-electron chi connectivity index (χ3n) is 1.69. The third kappa shape index (κ3) is 2.43. The molecule has 2 nitrogen and oxygen atoms in total. The van der Waals surface area contributed by atoms with Crippen molar-refractivity contribution < 1.29 is 13.9 Å². The van der Waals surface area contributed by atoms with E-state index in [4.69, 9.17) is 4.74 Å². The molecule has 1 aromatic rings.